The third kappa shape index (κ3) is 3.50. The van der Waals surface area contributed by atoms with E-state index in [9.17, 15) is 4.79 Å². The second-order valence-electron chi connectivity index (χ2n) is 5.79. The smallest absolute Gasteiger partial charge is 0.319 e. The maximum Gasteiger partial charge on any atom is 0.319 e. The lowest BCUT2D eigenvalue weighted by molar-refractivity contribution is 0.241. The first-order valence-electron chi connectivity index (χ1n) is 7.88. The van der Waals surface area contributed by atoms with E-state index < -0.39 is 0 Å². The zero-order valence-corrected chi connectivity index (χ0v) is 13.1. The van der Waals surface area contributed by atoms with Crippen molar-refractivity contribution in [1.29, 1.82) is 0 Å². The minimum Gasteiger partial charge on any atom is -0.396 e. The third-order valence-corrected chi connectivity index (χ3v) is 3.93. The van der Waals surface area contributed by atoms with Gasteiger partial charge >= 0.3 is 6.03 Å². The Morgan fingerprint density at radius 1 is 1.43 bits per heavy atom. The van der Waals surface area contributed by atoms with E-state index in [0.29, 0.717) is 12.1 Å². The molecule has 0 saturated carbocycles. The van der Waals surface area contributed by atoms with Crippen LogP contribution < -0.4 is 10.6 Å². The van der Waals surface area contributed by atoms with Gasteiger partial charge < -0.3 is 20.3 Å². The quantitative estimate of drug-likeness (QED) is 0.784. The van der Waals surface area contributed by atoms with Crippen LogP contribution in [0.2, 0.25) is 0 Å². The molecule has 7 nitrogen and oxygen atoms in total. The number of hydrogen-bond donors (Lipinski definition) is 3. The van der Waals surface area contributed by atoms with Crippen LogP contribution in [0, 0.1) is 0 Å². The molecule has 3 rings (SSSR count). The summed E-state index contributed by atoms with van der Waals surface area (Å²) in [5.41, 5.74) is 1.64. The Balaban J connectivity index is 1.71. The first-order valence-corrected chi connectivity index (χ1v) is 7.88. The monoisotopic (exact) mass is 315 g/mol. The van der Waals surface area contributed by atoms with Gasteiger partial charge in [-0.05, 0) is 31.9 Å². The van der Waals surface area contributed by atoms with Crippen LogP contribution in [0.1, 0.15) is 25.6 Å². The Morgan fingerprint density at radius 3 is 3.13 bits per heavy atom. The van der Waals surface area contributed by atoms with Gasteiger partial charge in [0.15, 0.2) is 5.82 Å². The van der Waals surface area contributed by atoms with Crippen molar-refractivity contribution in [2.24, 2.45) is 0 Å². The van der Waals surface area contributed by atoms with Crippen molar-refractivity contribution in [3.05, 3.63) is 30.1 Å². The number of fused-ring (bicyclic) bond motifs is 1. The van der Waals surface area contributed by atoms with E-state index in [-0.39, 0.29) is 18.7 Å². The van der Waals surface area contributed by atoms with Gasteiger partial charge in [-0.1, -0.05) is 12.1 Å². The summed E-state index contributed by atoms with van der Waals surface area (Å²) in [5.74, 6) is 1.86. The summed E-state index contributed by atoms with van der Waals surface area (Å²) in [6.07, 6.45) is 2.59. The Morgan fingerprint density at radius 2 is 2.30 bits per heavy atom. The largest absolute Gasteiger partial charge is 0.396 e. The number of carbonyl (C=O) groups excluding carboxylic acids is 1. The molecule has 0 aliphatic carbocycles. The molecule has 1 atom stereocenters. The number of rotatable bonds is 5. The number of anilines is 1. The standard InChI is InChI=1S/C16H21N5O2/c1-11(7-9-22)17-16(23)18-13-5-2-4-12(10-13)15-20-19-14-6-3-8-21(14)15/h2,4-5,10-11,22H,3,6-9H2,1H3,(H2,17,18,23)/t11-/m1/s1. The molecule has 7 heteroatoms. The maximum absolute atomic E-state index is 11.9. The van der Waals surface area contributed by atoms with Crippen molar-refractivity contribution >= 4 is 11.7 Å². The van der Waals surface area contributed by atoms with Crippen LogP contribution in [0.3, 0.4) is 0 Å². The molecule has 0 spiro atoms. The molecule has 2 amide bonds. The molecule has 122 valence electrons. The van der Waals surface area contributed by atoms with Crippen LogP contribution >= 0.6 is 0 Å². The Bertz CT molecular complexity index is 698. The predicted octanol–water partition coefficient (Wildman–Crippen LogP) is 1.78. The van der Waals surface area contributed by atoms with Gasteiger partial charge in [0.1, 0.15) is 5.82 Å². The van der Waals surface area contributed by atoms with E-state index in [1.165, 1.54) is 0 Å². The van der Waals surface area contributed by atoms with E-state index >= 15 is 0 Å². The highest BCUT2D eigenvalue weighted by molar-refractivity contribution is 5.90. The molecule has 0 radical (unpaired) electrons. The van der Waals surface area contributed by atoms with E-state index in [0.717, 1.165) is 36.6 Å². The molecule has 0 bridgehead atoms. The number of aromatic nitrogens is 3. The molecular formula is C16H21N5O2. The second kappa shape index (κ2) is 6.78. The molecule has 23 heavy (non-hydrogen) atoms. The maximum atomic E-state index is 11.9. The zero-order valence-electron chi connectivity index (χ0n) is 13.1. The fraction of sp³-hybridized carbons (Fsp3) is 0.438. The summed E-state index contributed by atoms with van der Waals surface area (Å²) >= 11 is 0. The van der Waals surface area contributed by atoms with Gasteiger partial charge in [-0.2, -0.15) is 0 Å². The normalized spacial score (nSPS) is 14.3. The topological polar surface area (TPSA) is 92.1 Å². The van der Waals surface area contributed by atoms with E-state index in [2.05, 4.69) is 25.4 Å². The van der Waals surface area contributed by atoms with Gasteiger partial charge in [-0.25, -0.2) is 4.79 Å². The molecule has 3 N–H and O–H groups in total. The first kappa shape index (κ1) is 15.5. The number of carbonyl (C=O) groups is 1. The molecule has 0 unspecified atom stereocenters. The number of aliphatic hydroxyl groups excluding tert-OH is 1. The summed E-state index contributed by atoms with van der Waals surface area (Å²) in [7, 11) is 0. The Labute approximate surface area is 134 Å². The molecule has 1 aromatic heterocycles. The highest BCUT2D eigenvalue weighted by Crippen LogP contribution is 2.25. The Kier molecular flexibility index (Phi) is 4.57. The van der Waals surface area contributed by atoms with Crippen LogP contribution in [0.15, 0.2) is 24.3 Å². The van der Waals surface area contributed by atoms with Crippen LogP contribution in [0.25, 0.3) is 11.4 Å². The van der Waals surface area contributed by atoms with Crippen LogP contribution in [-0.2, 0) is 13.0 Å². The predicted molar refractivity (Wildman–Crippen MR) is 87.1 cm³/mol. The first-order chi connectivity index (χ1) is 11.2. The average Bonchev–Trinajstić information content (AvgIpc) is 3.10. The molecule has 1 aromatic carbocycles. The number of hydrogen-bond acceptors (Lipinski definition) is 4. The van der Waals surface area contributed by atoms with Crippen molar-refractivity contribution in [1.82, 2.24) is 20.1 Å². The van der Waals surface area contributed by atoms with Crippen molar-refractivity contribution < 1.29 is 9.90 Å². The van der Waals surface area contributed by atoms with Crippen molar-refractivity contribution in [3.8, 4) is 11.4 Å². The molecule has 2 heterocycles. The van der Waals surface area contributed by atoms with Crippen LogP contribution in [-0.4, -0.2) is 38.6 Å². The summed E-state index contributed by atoms with van der Waals surface area (Å²) in [4.78, 5) is 11.9. The van der Waals surface area contributed by atoms with Gasteiger partial charge in [-0.15, -0.1) is 10.2 Å². The number of urea groups is 1. The number of amides is 2. The molecule has 0 saturated heterocycles. The van der Waals surface area contributed by atoms with Gasteiger partial charge in [0.05, 0.1) is 0 Å². The van der Waals surface area contributed by atoms with Crippen molar-refractivity contribution in [2.45, 2.75) is 38.8 Å². The molecule has 1 aliphatic rings. The highest BCUT2D eigenvalue weighted by atomic mass is 16.3. The second-order valence-corrected chi connectivity index (χ2v) is 5.79. The molecule has 2 aromatic rings. The fourth-order valence-electron chi connectivity index (χ4n) is 2.76. The zero-order chi connectivity index (χ0) is 16.2. The van der Waals surface area contributed by atoms with Crippen molar-refractivity contribution in [3.63, 3.8) is 0 Å². The fourth-order valence-corrected chi connectivity index (χ4v) is 2.76. The number of aryl methyl sites for hydroxylation is 1. The lowest BCUT2D eigenvalue weighted by atomic mass is 10.2. The lowest BCUT2D eigenvalue weighted by Gasteiger charge is -2.13. The summed E-state index contributed by atoms with van der Waals surface area (Å²) < 4.78 is 2.13. The number of nitrogens with zero attached hydrogens (tertiary/aromatic N) is 3. The number of aliphatic hydroxyl groups is 1. The van der Waals surface area contributed by atoms with Gasteiger partial charge in [0, 0.05) is 36.9 Å². The van der Waals surface area contributed by atoms with Gasteiger partial charge in [0.2, 0.25) is 0 Å². The number of benzene rings is 1. The van der Waals surface area contributed by atoms with Gasteiger partial charge in [0.25, 0.3) is 0 Å². The summed E-state index contributed by atoms with van der Waals surface area (Å²) in [6.45, 7) is 2.84. The molecule has 0 fully saturated rings. The van der Waals surface area contributed by atoms with Crippen LogP contribution in [0.4, 0.5) is 10.5 Å². The van der Waals surface area contributed by atoms with Crippen molar-refractivity contribution in [2.75, 3.05) is 11.9 Å². The Hall–Kier alpha value is -2.41. The number of nitrogens with one attached hydrogen (secondary N) is 2. The lowest BCUT2D eigenvalue weighted by Crippen LogP contribution is -2.36. The van der Waals surface area contributed by atoms with Gasteiger partial charge in [-0.3, -0.25) is 0 Å². The average molecular weight is 315 g/mol. The minimum atomic E-state index is -0.283. The van der Waals surface area contributed by atoms with E-state index in [1.807, 2.05) is 31.2 Å². The van der Waals surface area contributed by atoms with Crippen LogP contribution in [0.5, 0.6) is 0 Å². The summed E-state index contributed by atoms with van der Waals surface area (Å²) in [6, 6.07) is 7.22. The molecule has 1 aliphatic heterocycles. The van der Waals surface area contributed by atoms with E-state index in [4.69, 9.17) is 5.11 Å². The SMILES string of the molecule is C[C@H](CCO)NC(=O)Nc1cccc(-c2nnc3n2CCC3)c1. The summed E-state index contributed by atoms with van der Waals surface area (Å²) in [5, 5.41) is 22.9. The molecular weight excluding hydrogens is 294 g/mol. The van der Waals surface area contributed by atoms with E-state index in [1.54, 1.807) is 0 Å². The highest BCUT2D eigenvalue weighted by Gasteiger charge is 2.18. The third-order valence-electron chi connectivity index (χ3n) is 3.93. The minimum absolute atomic E-state index is 0.0505.